The molecule has 0 heterocycles. The van der Waals surface area contributed by atoms with Gasteiger partial charge in [0.25, 0.3) is 0 Å². The van der Waals surface area contributed by atoms with Crippen LogP contribution in [0.2, 0.25) is 0 Å². The molecule has 0 fully saturated rings. The molecule has 0 aromatic heterocycles. The van der Waals surface area contributed by atoms with E-state index in [0.717, 1.165) is 0 Å². The molecule has 118 valence electrons. The number of hydrogen-bond donors (Lipinski definition) is 0. The zero-order valence-corrected chi connectivity index (χ0v) is 14.2. The maximum Gasteiger partial charge on any atom is 0.0719 e. The molecule has 1 atom stereocenters. The number of benzene rings is 3. The average Bonchev–Trinajstić information content (AvgIpc) is 3.23. The van der Waals surface area contributed by atoms with Gasteiger partial charge in [0.05, 0.1) is 5.41 Å². The van der Waals surface area contributed by atoms with Crippen LogP contribution >= 0.6 is 0 Å². The van der Waals surface area contributed by atoms with Crippen LogP contribution in [0.5, 0.6) is 0 Å². The lowest BCUT2D eigenvalue weighted by Crippen LogP contribution is -2.29. The van der Waals surface area contributed by atoms with Crippen LogP contribution in [0.3, 0.4) is 0 Å². The van der Waals surface area contributed by atoms with Crippen molar-refractivity contribution in [3.63, 3.8) is 0 Å². The van der Waals surface area contributed by atoms with Gasteiger partial charge in [0.1, 0.15) is 0 Å². The van der Waals surface area contributed by atoms with E-state index in [0.29, 0.717) is 0 Å². The fourth-order valence-corrected chi connectivity index (χ4v) is 4.44. The minimum Gasteiger partial charge on any atom is -0.120 e. The van der Waals surface area contributed by atoms with Crippen molar-refractivity contribution in [1.82, 2.24) is 0 Å². The summed E-state index contributed by atoms with van der Waals surface area (Å²) >= 11 is 0. The molecule has 3 aromatic carbocycles. The highest BCUT2D eigenvalue weighted by Gasteiger charge is 2.46. The van der Waals surface area contributed by atoms with Crippen LogP contribution < -0.4 is 0 Å². The number of fused-ring (bicyclic) bond motifs is 2. The Balaban J connectivity index is 1.95. The van der Waals surface area contributed by atoms with Gasteiger partial charge in [-0.25, -0.2) is 0 Å². The fraction of sp³-hybridized carbons (Fsp3) is 0.0800. The molecule has 3 aromatic rings. The van der Waals surface area contributed by atoms with Crippen molar-refractivity contribution in [3.8, 4) is 0 Å². The van der Waals surface area contributed by atoms with E-state index in [1.54, 1.807) is 0 Å². The first-order valence-corrected chi connectivity index (χ1v) is 8.71. The maximum atomic E-state index is 3.35. The molecule has 0 radical (unpaired) electrons. The lowest BCUT2D eigenvalue weighted by Gasteiger charge is -2.34. The summed E-state index contributed by atoms with van der Waals surface area (Å²) in [5.41, 5.74) is 12.3. The summed E-state index contributed by atoms with van der Waals surface area (Å²) < 4.78 is 0. The van der Waals surface area contributed by atoms with Gasteiger partial charge in [-0.15, -0.1) is 5.73 Å². The molecule has 0 bridgehead atoms. The van der Waals surface area contributed by atoms with Gasteiger partial charge in [0, 0.05) is 0 Å². The molecule has 0 amide bonds. The Morgan fingerprint density at radius 2 is 1.48 bits per heavy atom. The molecular weight excluding hydrogens is 300 g/mol. The predicted octanol–water partition coefficient (Wildman–Crippen LogP) is 5.82. The van der Waals surface area contributed by atoms with Crippen LogP contribution in [-0.2, 0) is 5.41 Å². The van der Waals surface area contributed by atoms with Crippen molar-refractivity contribution in [3.05, 3.63) is 130 Å². The molecule has 1 unspecified atom stereocenters. The van der Waals surface area contributed by atoms with E-state index in [9.17, 15) is 0 Å². The lowest BCUT2D eigenvalue weighted by atomic mass is 9.67. The van der Waals surface area contributed by atoms with E-state index in [2.05, 4.69) is 104 Å². The van der Waals surface area contributed by atoms with Crippen LogP contribution in [0.1, 0.15) is 27.8 Å². The van der Waals surface area contributed by atoms with E-state index in [4.69, 9.17) is 0 Å². The molecule has 5 rings (SSSR count). The summed E-state index contributed by atoms with van der Waals surface area (Å²) in [5.74, 6) is 0. The third kappa shape index (κ3) is 1.83. The summed E-state index contributed by atoms with van der Waals surface area (Å²) in [6.45, 7) is 2.17. The van der Waals surface area contributed by atoms with E-state index < -0.39 is 0 Å². The molecule has 2 aliphatic carbocycles. The molecule has 0 heteroatoms. The average molecular weight is 318 g/mol. The molecule has 0 aliphatic heterocycles. The molecule has 0 saturated heterocycles. The number of allylic oxidation sites excluding steroid dienone is 3. The standard InChI is InChI=1S/C25H18/c1-18-9-7-12-20(17-18)25(19-10-3-2-4-11-19)23-15-6-5-13-21(23)22-14-8-16-24(22)25/h2-7,9-17H,1H3. The Morgan fingerprint density at radius 3 is 2.32 bits per heavy atom. The Bertz CT molecular complexity index is 1080. The minimum absolute atomic E-state index is 0.265. The van der Waals surface area contributed by atoms with Crippen molar-refractivity contribution in [2.75, 3.05) is 0 Å². The monoisotopic (exact) mass is 318 g/mol. The van der Waals surface area contributed by atoms with E-state index in [-0.39, 0.29) is 5.41 Å². The molecular formula is C25H18. The highest BCUT2D eigenvalue weighted by molar-refractivity contribution is 5.93. The number of hydrogen-bond acceptors (Lipinski definition) is 0. The Hall–Kier alpha value is -3.08. The summed E-state index contributed by atoms with van der Waals surface area (Å²) in [7, 11) is 0. The van der Waals surface area contributed by atoms with Gasteiger partial charge in [-0.05, 0) is 52.5 Å². The second kappa shape index (κ2) is 5.21. The zero-order chi connectivity index (χ0) is 16.9. The third-order valence-corrected chi connectivity index (χ3v) is 5.43. The van der Waals surface area contributed by atoms with Gasteiger partial charge >= 0.3 is 0 Å². The minimum atomic E-state index is -0.265. The van der Waals surface area contributed by atoms with E-state index in [1.165, 1.54) is 39.0 Å². The fourth-order valence-electron chi connectivity index (χ4n) is 4.44. The van der Waals surface area contributed by atoms with Gasteiger partial charge < -0.3 is 0 Å². The van der Waals surface area contributed by atoms with E-state index in [1.807, 2.05) is 0 Å². The van der Waals surface area contributed by atoms with Crippen molar-refractivity contribution in [2.24, 2.45) is 0 Å². The van der Waals surface area contributed by atoms with E-state index >= 15 is 0 Å². The smallest absolute Gasteiger partial charge is 0.0719 e. The van der Waals surface area contributed by atoms with Crippen LogP contribution in [0, 0.1) is 6.92 Å². The Labute approximate surface area is 148 Å². The first-order chi connectivity index (χ1) is 12.3. The summed E-state index contributed by atoms with van der Waals surface area (Å²) in [4.78, 5) is 0. The second-order valence-corrected chi connectivity index (χ2v) is 6.81. The van der Waals surface area contributed by atoms with Crippen LogP contribution in [0.4, 0.5) is 0 Å². The SMILES string of the molecule is Cc1cccc(C2(c3ccccc3)C3=C(C=C=C3)c3ccccc32)c1. The summed E-state index contributed by atoms with van der Waals surface area (Å²) in [5, 5.41) is 0. The first kappa shape index (κ1) is 14.3. The van der Waals surface area contributed by atoms with Gasteiger partial charge in [-0.2, -0.15) is 0 Å². The Kier molecular flexibility index (Phi) is 2.98. The van der Waals surface area contributed by atoms with Crippen molar-refractivity contribution < 1.29 is 0 Å². The van der Waals surface area contributed by atoms with Gasteiger partial charge in [0.2, 0.25) is 0 Å². The van der Waals surface area contributed by atoms with Crippen LogP contribution in [-0.4, -0.2) is 0 Å². The van der Waals surface area contributed by atoms with Gasteiger partial charge in [-0.1, -0.05) is 84.4 Å². The Morgan fingerprint density at radius 1 is 0.720 bits per heavy atom. The third-order valence-electron chi connectivity index (χ3n) is 5.43. The lowest BCUT2D eigenvalue weighted by molar-refractivity contribution is 0.761. The number of rotatable bonds is 2. The molecule has 2 aliphatic rings. The van der Waals surface area contributed by atoms with Gasteiger partial charge in [0.15, 0.2) is 0 Å². The predicted molar refractivity (Wildman–Crippen MR) is 104 cm³/mol. The number of aryl methyl sites for hydroxylation is 1. The molecule has 25 heavy (non-hydrogen) atoms. The zero-order valence-electron chi connectivity index (χ0n) is 14.2. The molecule has 0 nitrogen and oxygen atoms in total. The van der Waals surface area contributed by atoms with Crippen molar-refractivity contribution in [2.45, 2.75) is 12.3 Å². The highest BCUT2D eigenvalue weighted by Crippen LogP contribution is 2.56. The summed E-state index contributed by atoms with van der Waals surface area (Å²) in [6.07, 6.45) is 4.30. The van der Waals surface area contributed by atoms with Crippen molar-refractivity contribution in [1.29, 1.82) is 0 Å². The highest BCUT2D eigenvalue weighted by atomic mass is 14.5. The largest absolute Gasteiger partial charge is 0.120 e. The van der Waals surface area contributed by atoms with Crippen LogP contribution in [0.25, 0.3) is 5.57 Å². The van der Waals surface area contributed by atoms with Crippen molar-refractivity contribution >= 4 is 5.57 Å². The van der Waals surface area contributed by atoms with Crippen LogP contribution in [0.15, 0.2) is 102 Å². The molecule has 0 spiro atoms. The summed E-state index contributed by atoms with van der Waals surface area (Å²) in [6, 6.07) is 28.6. The topological polar surface area (TPSA) is 0 Å². The second-order valence-electron chi connectivity index (χ2n) is 6.81. The molecule has 0 N–H and O–H groups in total. The van der Waals surface area contributed by atoms with Gasteiger partial charge in [-0.3, -0.25) is 0 Å². The normalized spacial score (nSPS) is 20.0. The maximum absolute atomic E-state index is 3.35. The first-order valence-electron chi connectivity index (χ1n) is 8.71. The molecule has 0 saturated carbocycles. The quantitative estimate of drug-likeness (QED) is 0.522.